The summed E-state index contributed by atoms with van der Waals surface area (Å²) >= 11 is 1.72. The Hall–Kier alpha value is -2.14. The molecule has 22 heavy (non-hydrogen) atoms. The first-order chi connectivity index (χ1) is 10.7. The molecule has 0 saturated carbocycles. The van der Waals surface area contributed by atoms with Gasteiger partial charge in [0, 0.05) is 23.2 Å². The normalized spacial score (nSPS) is 11.0. The zero-order chi connectivity index (χ0) is 15.4. The van der Waals surface area contributed by atoms with Crippen molar-refractivity contribution in [2.24, 2.45) is 0 Å². The molecular formula is C17H19N3OS. The number of carbonyl (C=O) groups is 1. The van der Waals surface area contributed by atoms with E-state index >= 15 is 0 Å². The van der Waals surface area contributed by atoms with Crippen molar-refractivity contribution in [3.8, 4) is 0 Å². The minimum Gasteiger partial charge on any atom is -0.356 e. The summed E-state index contributed by atoms with van der Waals surface area (Å²) in [7, 11) is 0. The zero-order valence-corrected chi connectivity index (χ0v) is 13.4. The zero-order valence-electron chi connectivity index (χ0n) is 12.6. The smallest absolute Gasteiger partial charge is 0.221 e. The van der Waals surface area contributed by atoms with E-state index in [1.165, 1.54) is 10.4 Å². The number of fused-ring (bicyclic) bond motifs is 1. The predicted octanol–water partition coefficient (Wildman–Crippen LogP) is 3.16. The predicted molar refractivity (Wildman–Crippen MR) is 90.1 cm³/mol. The van der Waals surface area contributed by atoms with Gasteiger partial charge in [-0.1, -0.05) is 24.3 Å². The minimum atomic E-state index is 0.0776. The molecule has 1 aromatic carbocycles. The Morgan fingerprint density at radius 3 is 3.05 bits per heavy atom. The maximum absolute atomic E-state index is 11.9. The van der Waals surface area contributed by atoms with Gasteiger partial charge in [-0.2, -0.15) is 5.10 Å². The van der Waals surface area contributed by atoms with E-state index in [-0.39, 0.29) is 5.91 Å². The molecule has 0 saturated heterocycles. The Balaban J connectivity index is 1.52. The topological polar surface area (TPSA) is 46.9 Å². The van der Waals surface area contributed by atoms with Crippen LogP contribution >= 0.6 is 11.3 Å². The fraction of sp³-hybridized carbons (Fsp3) is 0.294. The summed E-state index contributed by atoms with van der Waals surface area (Å²) in [6.07, 6.45) is 3.21. The van der Waals surface area contributed by atoms with E-state index in [0.717, 1.165) is 17.3 Å². The first kappa shape index (κ1) is 14.8. The van der Waals surface area contributed by atoms with Gasteiger partial charge in [-0.3, -0.25) is 9.48 Å². The number of nitrogens with one attached hydrogen (secondary N) is 1. The molecule has 3 aromatic rings. The van der Waals surface area contributed by atoms with Crippen molar-refractivity contribution in [3.05, 3.63) is 52.3 Å². The number of rotatable bonds is 6. The lowest BCUT2D eigenvalue weighted by Gasteiger charge is -2.07. The van der Waals surface area contributed by atoms with E-state index < -0.39 is 0 Å². The van der Waals surface area contributed by atoms with Crippen LogP contribution in [0, 0.1) is 6.92 Å². The third-order valence-corrected chi connectivity index (χ3v) is 4.62. The van der Waals surface area contributed by atoms with Gasteiger partial charge >= 0.3 is 0 Å². The second kappa shape index (κ2) is 6.75. The minimum absolute atomic E-state index is 0.0776. The molecule has 0 aliphatic heterocycles. The third kappa shape index (κ3) is 3.36. The van der Waals surface area contributed by atoms with Gasteiger partial charge in [0.2, 0.25) is 5.91 Å². The van der Waals surface area contributed by atoms with E-state index in [0.29, 0.717) is 19.5 Å². The van der Waals surface area contributed by atoms with Crippen molar-refractivity contribution in [2.45, 2.75) is 26.3 Å². The number of nitrogens with zero attached hydrogens (tertiary/aromatic N) is 2. The number of aryl methyl sites for hydroxylation is 2. The van der Waals surface area contributed by atoms with Gasteiger partial charge < -0.3 is 5.32 Å². The number of carbonyl (C=O) groups excluding carboxylic acids is 1. The summed E-state index contributed by atoms with van der Waals surface area (Å²) in [4.78, 5) is 13.2. The highest BCUT2D eigenvalue weighted by Crippen LogP contribution is 2.17. The van der Waals surface area contributed by atoms with E-state index in [4.69, 9.17) is 0 Å². The first-order valence-electron chi connectivity index (χ1n) is 7.44. The van der Waals surface area contributed by atoms with Crippen LogP contribution in [0.15, 0.2) is 41.9 Å². The molecule has 114 valence electrons. The highest BCUT2D eigenvalue weighted by atomic mass is 32.1. The van der Waals surface area contributed by atoms with Gasteiger partial charge in [-0.15, -0.1) is 11.3 Å². The van der Waals surface area contributed by atoms with Crippen LogP contribution in [0.2, 0.25) is 0 Å². The third-order valence-electron chi connectivity index (χ3n) is 3.69. The van der Waals surface area contributed by atoms with Crippen LogP contribution in [0.25, 0.3) is 10.9 Å². The van der Waals surface area contributed by atoms with Gasteiger partial charge in [0.1, 0.15) is 0 Å². The van der Waals surface area contributed by atoms with Crippen molar-refractivity contribution in [2.75, 3.05) is 6.54 Å². The Morgan fingerprint density at radius 2 is 2.23 bits per heavy atom. The van der Waals surface area contributed by atoms with E-state index in [9.17, 15) is 4.79 Å². The van der Waals surface area contributed by atoms with Crippen LogP contribution in [0.5, 0.6) is 0 Å². The summed E-state index contributed by atoms with van der Waals surface area (Å²) in [6, 6.07) is 10.3. The van der Waals surface area contributed by atoms with Gasteiger partial charge in [-0.25, -0.2) is 0 Å². The number of amides is 1. The highest BCUT2D eigenvalue weighted by molar-refractivity contribution is 7.09. The molecule has 2 heterocycles. The van der Waals surface area contributed by atoms with Crippen LogP contribution in [-0.4, -0.2) is 22.2 Å². The molecule has 0 atom stereocenters. The molecule has 1 N–H and O–H groups in total. The summed E-state index contributed by atoms with van der Waals surface area (Å²) in [5.41, 5.74) is 2.31. The summed E-state index contributed by atoms with van der Waals surface area (Å²) in [5, 5.41) is 10.5. The van der Waals surface area contributed by atoms with Crippen molar-refractivity contribution in [1.29, 1.82) is 0 Å². The average Bonchev–Trinajstić information content (AvgIpc) is 3.15. The molecule has 1 amide bonds. The van der Waals surface area contributed by atoms with Crippen molar-refractivity contribution in [1.82, 2.24) is 15.1 Å². The molecule has 0 bridgehead atoms. The maximum Gasteiger partial charge on any atom is 0.221 e. The lowest BCUT2D eigenvalue weighted by atomic mass is 10.2. The number of benzene rings is 1. The Morgan fingerprint density at radius 1 is 1.32 bits per heavy atom. The van der Waals surface area contributed by atoms with Crippen molar-refractivity contribution >= 4 is 28.1 Å². The average molecular weight is 313 g/mol. The van der Waals surface area contributed by atoms with Gasteiger partial charge in [0.25, 0.3) is 0 Å². The summed E-state index contributed by atoms with van der Waals surface area (Å²) in [6.45, 7) is 3.37. The number of hydrogen-bond donors (Lipinski definition) is 1. The fourth-order valence-corrected chi connectivity index (χ4v) is 3.28. The SMILES string of the molecule is Cc1cccc2cnn(CCC(=O)NCCc3cccs3)c12. The number of thiophene rings is 1. The van der Waals surface area contributed by atoms with Crippen molar-refractivity contribution in [3.63, 3.8) is 0 Å². The fourth-order valence-electron chi connectivity index (χ4n) is 2.57. The second-order valence-electron chi connectivity index (χ2n) is 5.31. The van der Waals surface area contributed by atoms with Gasteiger partial charge in [0.15, 0.2) is 0 Å². The Labute approximate surface area is 133 Å². The largest absolute Gasteiger partial charge is 0.356 e. The van der Waals surface area contributed by atoms with E-state index in [1.54, 1.807) is 11.3 Å². The first-order valence-corrected chi connectivity index (χ1v) is 8.32. The maximum atomic E-state index is 11.9. The van der Waals surface area contributed by atoms with Crippen LogP contribution in [0.4, 0.5) is 0 Å². The summed E-state index contributed by atoms with van der Waals surface area (Å²) in [5.74, 6) is 0.0776. The molecule has 2 aromatic heterocycles. The second-order valence-corrected chi connectivity index (χ2v) is 6.34. The molecule has 3 rings (SSSR count). The molecular weight excluding hydrogens is 294 g/mol. The van der Waals surface area contributed by atoms with Crippen LogP contribution < -0.4 is 5.32 Å². The molecule has 0 aliphatic rings. The molecule has 0 aliphatic carbocycles. The molecule has 0 fully saturated rings. The molecule has 0 unspecified atom stereocenters. The molecule has 0 radical (unpaired) electrons. The number of hydrogen-bond acceptors (Lipinski definition) is 3. The Bertz CT molecular complexity index is 761. The van der Waals surface area contributed by atoms with Gasteiger partial charge in [-0.05, 0) is 30.4 Å². The lowest BCUT2D eigenvalue weighted by molar-refractivity contribution is -0.121. The number of para-hydroxylation sites is 1. The van der Waals surface area contributed by atoms with Crippen molar-refractivity contribution < 1.29 is 4.79 Å². The monoisotopic (exact) mass is 313 g/mol. The highest BCUT2D eigenvalue weighted by Gasteiger charge is 2.07. The van der Waals surface area contributed by atoms with Crippen LogP contribution in [-0.2, 0) is 17.8 Å². The molecule has 4 nitrogen and oxygen atoms in total. The number of aromatic nitrogens is 2. The van der Waals surface area contributed by atoms with Gasteiger partial charge in [0.05, 0.1) is 18.3 Å². The lowest BCUT2D eigenvalue weighted by Crippen LogP contribution is -2.26. The molecule has 0 spiro atoms. The summed E-state index contributed by atoms with van der Waals surface area (Å²) < 4.78 is 1.92. The van der Waals surface area contributed by atoms with Crippen LogP contribution in [0.3, 0.4) is 0 Å². The van der Waals surface area contributed by atoms with E-state index in [2.05, 4.69) is 34.9 Å². The van der Waals surface area contributed by atoms with Crippen LogP contribution in [0.1, 0.15) is 16.9 Å². The van der Waals surface area contributed by atoms with E-state index in [1.807, 2.05) is 29.1 Å². The quantitative estimate of drug-likeness (QED) is 0.760. The molecule has 5 heteroatoms. The standard InChI is InChI=1S/C17H19N3OS/c1-13-4-2-5-14-12-19-20(17(13)14)10-8-16(21)18-9-7-15-6-3-11-22-15/h2-6,11-12H,7-10H2,1H3,(H,18,21). The Kier molecular flexibility index (Phi) is 4.53.